The third kappa shape index (κ3) is 3.14. The van der Waals surface area contributed by atoms with E-state index >= 15 is 0 Å². The smallest absolute Gasteiger partial charge is 0.270 e. The van der Waals surface area contributed by atoms with Crippen molar-refractivity contribution < 1.29 is 14.1 Å². The molecule has 100 valence electrons. The molecule has 0 radical (unpaired) electrons. The molecule has 0 fully saturated rings. The van der Waals surface area contributed by atoms with E-state index < -0.39 is 16.5 Å². The Kier molecular flexibility index (Phi) is 4.00. The number of hydrogen-bond donors (Lipinski definition) is 0. The Hall–Kier alpha value is -2.82. The van der Waals surface area contributed by atoms with Gasteiger partial charge in [0.1, 0.15) is 5.82 Å². The number of ketones is 1. The quantitative estimate of drug-likeness (QED) is 0.369. The van der Waals surface area contributed by atoms with Gasteiger partial charge in [-0.3, -0.25) is 14.9 Å². The van der Waals surface area contributed by atoms with Crippen LogP contribution in [0.5, 0.6) is 0 Å². The van der Waals surface area contributed by atoms with Gasteiger partial charge >= 0.3 is 0 Å². The van der Waals surface area contributed by atoms with Crippen LogP contribution in [0.15, 0.2) is 54.6 Å². The van der Waals surface area contributed by atoms with Crippen LogP contribution in [0.1, 0.15) is 15.9 Å². The van der Waals surface area contributed by atoms with Gasteiger partial charge in [0, 0.05) is 23.3 Å². The first kappa shape index (κ1) is 13.6. The zero-order valence-corrected chi connectivity index (χ0v) is 10.3. The first-order valence-corrected chi connectivity index (χ1v) is 5.79. The lowest BCUT2D eigenvalue weighted by molar-refractivity contribution is -0.384. The van der Waals surface area contributed by atoms with Crippen molar-refractivity contribution in [2.24, 2.45) is 0 Å². The molecule has 0 saturated heterocycles. The Morgan fingerprint density at radius 2 is 1.90 bits per heavy atom. The summed E-state index contributed by atoms with van der Waals surface area (Å²) in [5.41, 5.74) is 0.313. The predicted molar refractivity (Wildman–Crippen MR) is 72.9 cm³/mol. The fourth-order valence-electron chi connectivity index (χ4n) is 1.64. The van der Waals surface area contributed by atoms with E-state index in [1.54, 1.807) is 12.1 Å². The molecule has 0 aliphatic rings. The zero-order valence-electron chi connectivity index (χ0n) is 10.3. The van der Waals surface area contributed by atoms with E-state index in [-0.39, 0.29) is 16.8 Å². The van der Waals surface area contributed by atoms with Crippen LogP contribution in [0.3, 0.4) is 0 Å². The number of nitro groups is 1. The first-order valence-electron chi connectivity index (χ1n) is 5.79. The molecule has 4 nitrogen and oxygen atoms in total. The van der Waals surface area contributed by atoms with Gasteiger partial charge in [-0.25, -0.2) is 4.39 Å². The van der Waals surface area contributed by atoms with Crippen molar-refractivity contribution in [1.29, 1.82) is 0 Å². The number of hydrogen-bond acceptors (Lipinski definition) is 3. The van der Waals surface area contributed by atoms with Crippen molar-refractivity contribution in [2.75, 3.05) is 0 Å². The molecule has 0 N–H and O–H groups in total. The van der Waals surface area contributed by atoms with E-state index in [4.69, 9.17) is 0 Å². The summed E-state index contributed by atoms with van der Waals surface area (Å²) in [6.07, 6.45) is 2.54. The Morgan fingerprint density at radius 3 is 2.60 bits per heavy atom. The minimum atomic E-state index is -0.572. The van der Waals surface area contributed by atoms with Crippen molar-refractivity contribution in [3.05, 3.63) is 81.7 Å². The van der Waals surface area contributed by atoms with Crippen molar-refractivity contribution in [3.8, 4) is 0 Å². The summed E-state index contributed by atoms with van der Waals surface area (Å²) in [5.74, 6) is -0.854. The fourth-order valence-corrected chi connectivity index (χ4v) is 1.64. The van der Waals surface area contributed by atoms with Gasteiger partial charge in [-0.1, -0.05) is 30.3 Å². The Morgan fingerprint density at radius 1 is 1.15 bits per heavy atom. The van der Waals surface area contributed by atoms with E-state index in [9.17, 15) is 19.3 Å². The molecule has 0 saturated carbocycles. The standard InChI is InChI=1S/C15H10FNO3/c16-14-7-2-1-4-11(14)8-9-15(18)12-5-3-6-13(10-12)17(19)20/h1-10H/b9-8+. The predicted octanol–water partition coefficient (Wildman–Crippen LogP) is 3.63. The van der Waals surface area contributed by atoms with Crippen LogP contribution in [0.4, 0.5) is 10.1 Å². The Bertz CT molecular complexity index is 695. The average molecular weight is 271 g/mol. The molecule has 0 aliphatic heterocycles. The molecule has 0 spiro atoms. The van der Waals surface area contributed by atoms with E-state index in [0.717, 1.165) is 0 Å². The third-order valence-electron chi connectivity index (χ3n) is 2.66. The number of rotatable bonds is 4. The second-order valence-corrected chi connectivity index (χ2v) is 4.03. The Balaban J connectivity index is 2.22. The van der Waals surface area contributed by atoms with Gasteiger partial charge in [0.05, 0.1) is 4.92 Å². The van der Waals surface area contributed by atoms with E-state index in [1.807, 2.05) is 0 Å². The lowest BCUT2D eigenvalue weighted by atomic mass is 10.1. The number of carbonyl (C=O) groups is 1. The second-order valence-electron chi connectivity index (χ2n) is 4.03. The summed E-state index contributed by atoms with van der Waals surface area (Å²) in [4.78, 5) is 21.9. The summed E-state index contributed by atoms with van der Waals surface area (Å²) in [5, 5.41) is 10.6. The molecule has 2 aromatic carbocycles. The summed E-state index contributed by atoms with van der Waals surface area (Å²) < 4.78 is 13.4. The van der Waals surface area contributed by atoms with Gasteiger partial charge < -0.3 is 0 Å². The molecule has 5 heteroatoms. The number of nitrogens with zero attached hydrogens (tertiary/aromatic N) is 1. The number of carbonyl (C=O) groups excluding carboxylic acids is 1. The fraction of sp³-hybridized carbons (Fsp3) is 0. The van der Waals surface area contributed by atoms with Crippen LogP contribution in [0.25, 0.3) is 6.08 Å². The normalized spacial score (nSPS) is 10.7. The molecule has 0 bridgehead atoms. The molecule has 0 heterocycles. The molecule has 2 rings (SSSR count). The van der Waals surface area contributed by atoms with Crippen LogP contribution in [-0.2, 0) is 0 Å². The molecule has 0 atom stereocenters. The van der Waals surface area contributed by atoms with Crippen molar-refractivity contribution in [1.82, 2.24) is 0 Å². The third-order valence-corrected chi connectivity index (χ3v) is 2.66. The minimum absolute atomic E-state index is 0.157. The summed E-state index contributed by atoms with van der Waals surface area (Å²) in [7, 11) is 0. The van der Waals surface area contributed by atoms with Gasteiger partial charge in [0.25, 0.3) is 5.69 Å². The SMILES string of the molecule is O=C(/C=C/c1ccccc1F)c1cccc([N+](=O)[O-])c1. The zero-order chi connectivity index (χ0) is 14.5. The molecular weight excluding hydrogens is 261 g/mol. The highest BCUT2D eigenvalue weighted by Crippen LogP contribution is 2.15. The number of benzene rings is 2. The van der Waals surface area contributed by atoms with E-state index in [2.05, 4.69) is 0 Å². The summed E-state index contributed by atoms with van der Waals surface area (Å²) >= 11 is 0. The highest BCUT2D eigenvalue weighted by molar-refractivity contribution is 6.07. The average Bonchev–Trinajstić information content (AvgIpc) is 2.46. The molecule has 0 amide bonds. The molecule has 0 aliphatic carbocycles. The van der Waals surface area contributed by atoms with Gasteiger partial charge in [0.15, 0.2) is 5.78 Å². The monoisotopic (exact) mass is 271 g/mol. The highest BCUT2D eigenvalue weighted by Gasteiger charge is 2.09. The number of allylic oxidation sites excluding steroid dienone is 1. The van der Waals surface area contributed by atoms with Crippen molar-refractivity contribution in [2.45, 2.75) is 0 Å². The minimum Gasteiger partial charge on any atom is -0.289 e. The molecule has 2 aromatic rings. The highest BCUT2D eigenvalue weighted by atomic mass is 19.1. The number of halogens is 1. The number of non-ortho nitro benzene ring substituents is 1. The maximum atomic E-state index is 13.4. The van der Waals surface area contributed by atoms with E-state index in [1.165, 1.54) is 48.6 Å². The van der Waals surface area contributed by atoms with Crippen molar-refractivity contribution >= 4 is 17.5 Å². The van der Waals surface area contributed by atoms with Crippen molar-refractivity contribution in [3.63, 3.8) is 0 Å². The maximum absolute atomic E-state index is 13.4. The van der Waals surface area contributed by atoms with Gasteiger partial charge in [-0.15, -0.1) is 0 Å². The molecular formula is C15H10FNO3. The van der Waals surface area contributed by atoms with E-state index in [0.29, 0.717) is 0 Å². The van der Waals surface area contributed by atoms with Crippen LogP contribution in [0.2, 0.25) is 0 Å². The molecule has 20 heavy (non-hydrogen) atoms. The summed E-state index contributed by atoms with van der Waals surface area (Å²) in [6.45, 7) is 0. The lowest BCUT2D eigenvalue weighted by Crippen LogP contribution is -1.96. The first-order chi connectivity index (χ1) is 9.58. The molecule has 0 aromatic heterocycles. The Labute approximate surface area is 114 Å². The number of nitro benzene ring substituents is 1. The summed E-state index contributed by atoms with van der Waals surface area (Å²) in [6, 6.07) is 11.4. The second kappa shape index (κ2) is 5.88. The van der Waals surface area contributed by atoms with Crippen LogP contribution in [-0.4, -0.2) is 10.7 Å². The molecule has 0 unspecified atom stereocenters. The van der Waals surface area contributed by atoms with Gasteiger partial charge in [0.2, 0.25) is 0 Å². The van der Waals surface area contributed by atoms with Crippen LogP contribution in [0, 0.1) is 15.9 Å². The van der Waals surface area contributed by atoms with Gasteiger partial charge in [-0.05, 0) is 18.2 Å². The lowest BCUT2D eigenvalue weighted by Gasteiger charge is -1.97. The van der Waals surface area contributed by atoms with Crippen LogP contribution < -0.4 is 0 Å². The maximum Gasteiger partial charge on any atom is 0.270 e. The topological polar surface area (TPSA) is 60.2 Å². The largest absolute Gasteiger partial charge is 0.289 e. The van der Waals surface area contributed by atoms with Gasteiger partial charge in [-0.2, -0.15) is 0 Å². The van der Waals surface area contributed by atoms with Crippen LogP contribution >= 0.6 is 0 Å².